The van der Waals surface area contributed by atoms with Gasteiger partial charge in [0.25, 0.3) is 0 Å². The molecule has 4 aromatic rings. The Morgan fingerprint density at radius 2 is 1.83 bits per heavy atom. The first kappa shape index (κ1) is 32.7. The van der Waals surface area contributed by atoms with Gasteiger partial charge < -0.3 is 20.6 Å². The number of hydrogen-bond acceptors (Lipinski definition) is 9. The van der Waals surface area contributed by atoms with Crippen LogP contribution in [-0.2, 0) is 13.6 Å². The Morgan fingerprint density at radius 3 is 2.46 bits per heavy atom. The number of carbonyl (C=O) groups excluding carboxylic acids is 1. The molecule has 0 spiro atoms. The number of anilines is 3. The molecule has 2 amide bonds. The molecule has 1 fully saturated rings. The lowest BCUT2D eigenvalue weighted by molar-refractivity contribution is 0.117. The summed E-state index contributed by atoms with van der Waals surface area (Å²) in [5, 5.41) is 31.3. The van der Waals surface area contributed by atoms with E-state index in [-0.39, 0.29) is 18.1 Å². The monoisotopic (exact) mass is 646 g/mol. The summed E-state index contributed by atoms with van der Waals surface area (Å²) in [7, 11) is 1.88. The largest absolute Gasteiger partial charge is 0.386 e. The molecule has 12 heteroatoms. The van der Waals surface area contributed by atoms with Crippen LogP contribution in [0.4, 0.5) is 22.4 Å². The van der Waals surface area contributed by atoms with Gasteiger partial charge in [-0.05, 0) is 76.1 Å². The van der Waals surface area contributed by atoms with E-state index in [1.54, 1.807) is 42.0 Å². The number of urea groups is 1. The van der Waals surface area contributed by atoms with Gasteiger partial charge in [-0.25, -0.2) is 14.8 Å². The lowest BCUT2D eigenvalue weighted by atomic mass is 9.90. The maximum absolute atomic E-state index is 13.8. The molecule has 1 saturated carbocycles. The zero-order valence-electron chi connectivity index (χ0n) is 27.9. The number of aryl methyl sites for hydroxylation is 1. The van der Waals surface area contributed by atoms with E-state index in [1.165, 1.54) is 0 Å². The first-order valence-electron chi connectivity index (χ1n) is 16.4. The van der Waals surface area contributed by atoms with Crippen LogP contribution in [0.5, 0.6) is 0 Å². The number of aromatic nitrogens is 5. The van der Waals surface area contributed by atoms with Crippen LogP contribution in [-0.4, -0.2) is 60.1 Å². The van der Waals surface area contributed by atoms with E-state index in [0.717, 1.165) is 53.6 Å². The molecule has 0 unspecified atom stereocenters. The number of amides is 2. The molecule has 1 aliphatic heterocycles. The number of nitrogens with zero attached hydrogens (tertiary/aromatic N) is 8. The van der Waals surface area contributed by atoms with Crippen molar-refractivity contribution < 1.29 is 9.90 Å². The van der Waals surface area contributed by atoms with E-state index in [9.17, 15) is 15.2 Å². The van der Waals surface area contributed by atoms with Crippen molar-refractivity contribution in [3.8, 4) is 17.2 Å². The van der Waals surface area contributed by atoms with E-state index < -0.39 is 5.60 Å². The second-order valence-electron chi connectivity index (χ2n) is 13.0. The molecule has 0 atom stereocenters. The predicted molar refractivity (Wildman–Crippen MR) is 185 cm³/mol. The van der Waals surface area contributed by atoms with Gasteiger partial charge in [0, 0.05) is 61.4 Å². The smallest absolute Gasteiger partial charge is 0.323 e. The van der Waals surface area contributed by atoms with E-state index in [4.69, 9.17) is 9.97 Å². The van der Waals surface area contributed by atoms with Crippen LogP contribution in [0.25, 0.3) is 11.1 Å². The number of pyridine rings is 1. The Balaban J connectivity index is 1.16. The van der Waals surface area contributed by atoms with Crippen molar-refractivity contribution in [2.75, 3.05) is 21.7 Å². The van der Waals surface area contributed by atoms with Crippen LogP contribution in [0.15, 0.2) is 78.5 Å². The Morgan fingerprint density at radius 1 is 1.06 bits per heavy atom. The highest BCUT2D eigenvalue weighted by Gasteiger charge is 2.33. The van der Waals surface area contributed by atoms with Crippen molar-refractivity contribution >= 4 is 23.6 Å². The number of rotatable bonds is 9. The normalized spacial score (nSPS) is 18.0. The van der Waals surface area contributed by atoms with Crippen LogP contribution >= 0.6 is 0 Å². The van der Waals surface area contributed by atoms with E-state index >= 15 is 0 Å². The molecule has 3 N–H and O–H groups in total. The molecule has 0 saturated heterocycles. The van der Waals surface area contributed by atoms with Gasteiger partial charge in [0.2, 0.25) is 5.95 Å². The van der Waals surface area contributed by atoms with Crippen LogP contribution < -0.4 is 20.4 Å². The van der Waals surface area contributed by atoms with Crippen molar-refractivity contribution in [1.82, 2.24) is 30.0 Å². The zero-order valence-corrected chi connectivity index (χ0v) is 27.9. The topological polar surface area (TPSA) is 148 Å². The summed E-state index contributed by atoms with van der Waals surface area (Å²) in [5.41, 5.74) is 4.22. The fraction of sp³-hybridized carbons (Fsp3) is 0.389. The van der Waals surface area contributed by atoms with Crippen molar-refractivity contribution in [1.29, 1.82) is 5.26 Å². The third kappa shape index (κ3) is 7.16. The number of nitrogens with one attached hydrogen (secondary N) is 2. The molecular weight excluding hydrogens is 604 g/mol. The van der Waals surface area contributed by atoms with Crippen LogP contribution in [0.2, 0.25) is 0 Å². The van der Waals surface area contributed by atoms with E-state index in [1.807, 2.05) is 67.5 Å². The summed E-state index contributed by atoms with van der Waals surface area (Å²) in [6, 6.07) is 15.8. The standard InChI is InChI=1S/C36H42N10O2/c1-24-31(36(2,3)48)16-17-45(24)33-27(18-37)21-39-34(43-33)42-29-11-13-30(14-12-29)46(35(47)40-19-25-8-6-5-7-9-25)32-15-10-26(20-38-32)28-22-41-44(4)23-28/h5-10,15,20-23,29-30,48H,11-14,16-17,19H2,1-4H3,(H,40,47)(H,39,42,43). The van der Waals surface area contributed by atoms with Gasteiger partial charge in [-0.15, -0.1) is 0 Å². The van der Waals surface area contributed by atoms with Crippen LogP contribution in [0, 0.1) is 11.3 Å². The summed E-state index contributed by atoms with van der Waals surface area (Å²) in [6.07, 6.45) is 10.9. The lowest BCUT2D eigenvalue weighted by Gasteiger charge is -2.36. The highest BCUT2D eigenvalue weighted by Crippen LogP contribution is 2.36. The van der Waals surface area contributed by atoms with Gasteiger partial charge in [0.15, 0.2) is 5.82 Å². The summed E-state index contributed by atoms with van der Waals surface area (Å²) in [5.74, 6) is 1.61. The minimum Gasteiger partial charge on any atom is -0.386 e. The summed E-state index contributed by atoms with van der Waals surface area (Å²) in [4.78, 5) is 31.5. The van der Waals surface area contributed by atoms with Gasteiger partial charge in [-0.1, -0.05) is 30.3 Å². The van der Waals surface area contributed by atoms with Crippen LogP contribution in [0.3, 0.4) is 0 Å². The van der Waals surface area contributed by atoms with Gasteiger partial charge in [-0.2, -0.15) is 15.3 Å². The number of carbonyl (C=O) groups is 1. The minimum absolute atomic E-state index is 0.0503. The van der Waals surface area contributed by atoms with Crippen molar-refractivity contribution in [2.45, 2.75) is 77.1 Å². The molecule has 0 radical (unpaired) electrons. The fourth-order valence-electron chi connectivity index (χ4n) is 6.72. The van der Waals surface area contributed by atoms with E-state index in [0.29, 0.717) is 42.7 Å². The Kier molecular flexibility index (Phi) is 9.41. The van der Waals surface area contributed by atoms with E-state index in [2.05, 4.69) is 26.8 Å². The summed E-state index contributed by atoms with van der Waals surface area (Å²) in [6.45, 7) is 6.58. The molecule has 6 rings (SSSR count). The number of nitriles is 1. The average molecular weight is 647 g/mol. The van der Waals surface area contributed by atoms with Crippen molar-refractivity contribution in [3.63, 3.8) is 0 Å². The van der Waals surface area contributed by atoms with Crippen molar-refractivity contribution in [3.05, 3.63) is 89.6 Å². The Hall–Kier alpha value is -5.28. The van der Waals surface area contributed by atoms with Gasteiger partial charge in [0.1, 0.15) is 17.5 Å². The third-order valence-electron chi connectivity index (χ3n) is 9.24. The second kappa shape index (κ2) is 13.8. The predicted octanol–water partition coefficient (Wildman–Crippen LogP) is 5.54. The molecule has 48 heavy (non-hydrogen) atoms. The van der Waals surface area contributed by atoms with Gasteiger partial charge >= 0.3 is 6.03 Å². The zero-order chi connectivity index (χ0) is 33.8. The fourth-order valence-corrected chi connectivity index (χ4v) is 6.72. The number of allylic oxidation sites excluding steroid dienone is 1. The summed E-state index contributed by atoms with van der Waals surface area (Å²) >= 11 is 0. The first-order valence-corrected chi connectivity index (χ1v) is 16.4. The Bertz CT molecular complexity index is 1810. The third-order valence-corrected chi connectivity index (χ3v) is 9.24. The maximum Gasteiger partial charge on any atom is 0.323 e. The lowest BCUT2D eigenvalue weighted by Crippen LogP contribution is -2.49. The number of benzene rings is 1. The molecule has 3 aromatic heterocycles. The molecule has 0 bridgehead atoms. The highest BCUT2D eigenvalue weighted by atomic mass is 16.3. The molecule has 1 aromatic carbocycles. The molecular formula is C36H42N10O2. The SMILES string of the molecule is CC1=C(C(C)(C)O)CCN1c1nc(NC2CCC(N(C(=O)NCc3ccccc3)c3ccc(-c4cnn(C)c4)cn3)CC2)ncc1C#N. The van der Waals surface area contributed by atoms with Gasteiger partial charge in [0.05, 0.1) is 18.0 Å². The molecule has 4 heterocycles. The number of aliphatic hydroxyl groups is 1. The first-order chi connectivity index (χ1) is 23.1. The maximum atomic E-state index is 13.8. The number of hydrogen-bond donors (Lipinski definition) is 3. The summed E-state index contributed by atoms with van der Waals surface area (Å²) < 4.78 is 1.75. The molecule has 1 aliphatic carbocycles. The van der Waals surface area contributed by atoms with Gasteiger partial charge in [-0.3, -0.25) is 9.58 Å². The average Bonchev–Trinajstić information content (AvgIpc) is 3.71. The second-order valence-corrected chi connectivity index (χ2v) is 13.0. The highest BCUT2D eigenvalue weighted by molar-refractivity contribution is 5.91. The van der Waals surface area contributed by atoms with Crippen molar-refractivity contribution in [2.24, 2.45) is 7.05 Å². The molecule has 248 valence electrons. The Labute approximate surface area is 281 Å². The molecule has 2 aliphatic rings. The molecule has 12 nitrogen and oxygen atoms in total. The van der Waals surface area contributed by atoms with Crippen LogP contribution in [0.1, 0.15) is 64.0 Å². The quantitative estimate of drug-likeness (QED) is 0.213. The minimum atomic E-state index is -0.943.